The Kier molecular flexibility index (Phi) is 5.64. The highest BCUT2D eigenvalue weighted by molar-refractivity contribution is 4.67. The third-order valence-corrected chi connectivity index (χ3v) is 2.11. The second kappa shape index (κ2) is 5.69. The van der Waals surface area contributed by atoms with Gasteiger partial charge in [0.1, 0.15) is 0 Å². The molecule has 0 saturated heterocycles. The van der Waals surface area contributed by atoms with E-state index in [1.807, 2.05) is 0 Å². The minimum absolute atomic E-state index is 0.259. The largest absolute Gasteiger partial charge is 0.380 e. The van der Waals surface area contributed by atoms with Gasteiger partial charge in [-0.1, -0.05) is 26.7 Å². The van der Waals surface area contributed by atoms with Crippen molar-refractivity contribution in [3.05, 3.63) is 0 Å². The van der Waals surface area contributed by atoms with E-state index in [0.717, 1.165) is 12.8 Å². The minimum Gasteiger partial charge on any atom is -0.380 e. The van der Waals surface area contributed by atoms with Gasteiger partial charge in [-0.15, -0.1) is 0 Å². The quantitative estimate of drug-likeness (QED) is 0.634. The average Bonchev–Trinajstić information content (AvgIpc) is 2.00. The van der Waals surface area contributed by atoms with Gasteiger partial charge in [-0.3, -0.25) is 0 Å². The van der Waals surface area contributed by atoms with Crippen LogP contribution in [-0.4, -0.2) is 19.8 Å². The first-order chi connectivity index (χ1) is 4.79. The van der Waals surface area contributed by atoms with E-state index in [2.05, 4.69) is 13.8 Å². The number of ether oxygens (including phenoxy) is 1. The molecule has 0 amide bonds. The number of rotatable bonds is 5. The first-order valence-electron chi connectivity index (χ1n) is 4.02. The second-order valence-corrected chi connectivity index (χ2v) is 2.59. The molecule has 0 bridgehead atoms. The summed E-state index contributed by atoms with van der Waals surface area (Å²) in [7, 11) is 1.73. The van der Waals surface area contributed by atoms with Gasteiger partial charge in [0.2, 0.25) is 0 Å². The lowest BCUT2D eigenvalue weighted by molar-refractivity contribution is 0.0555. The summed E-state index contributed by atoms with van der Waals surface area (Å²) >= 11 is 0. The molecule has 0 aromatic heterocycles. The van der Waals surface area contributed by atoms with E-state index in [1.54, 1.807) is 7.11 Å². The number of methoxy groups -OCH3 is 1. The van der Waals surface area contributed by atoms with Crippen molar-refractivity contribution in [3.8, 4) is 0 Å². The Labute approximate surface area is 63.7 Å². The van der Waals surface area contributed by atoms with Crippen molar-refractivity contribution in [1.29, 1.82) is 0 Å². The predicted octanol–water partition coefficient (Wildman–Crippen LogP) is 1.40. The molecule has 0 aliphatic carbocycles. The zero-order chi connectivity index (χ0) is 7.98. The maximum atomic E-state index is 5.51. The zero-order valence-corrected chi connectivity index (χ0v) is 7.26. The van der Waals surface area contributed by atoms with Crippen LogP contribution in [0.5, 0.6) is 0 Å². The first-order valence-corrected chi connectivity index (χ1v) is 4.02. The van der Waals surface area contributed by atoms with Crippen LogP contribution in [0.3, 0.4) is 0 Å². The molecule has 2 N–H and O–H groups in total. The van der Waals surface area contributed by atoms with Gasteiger partial charge in [0, 0.05) is 13.7 Å². The summed E-state index contributed by atoms with van der Waals surface area (Å²) < 4.78 is 5.22. The Hall–Kier alpha value is -0.0800. The Morgan fingerprint density at radius 3 is 1.90 bits per heavy atom. The molecule has 0 fully saturated rings. The molecular weight excluding hydrogens is 126 g/mol. The maximum Gasteiger partial charge on any atom is 0.0721 e. The van der Waals surface area contributed by atoms with E-state index in [1.165, 1.54) is 0 Å². The molecule has 0 rings (SSSR count). The number of hydrogen-bond acceptors (Lipinski definition) is 2. The fourth-order valence-corrected chi connectivity index (χ4v) is 1.30. The van der Waals surface area contributed by atoms with Gasteiger partial charge in [0.15, 0.2) is 0 Å². The van der Waals surface area contributed by atoms with Gasteiger partial charge < -0.3 is 10.5 Å². The highest BCUT2D eigenvalue weighted by Crippen LogP contribution is 2.14. The summed E-state index contributed by atoms with van der Waals surface area (Å²) in [5.41, 5.74) is 5.51. The molecule has 62 valence electrons. The lowest BCUT2D eigenvalue weighted by Crippen LogP contribution is -2.30. The molecular formula is C8H19NO. The number of nitrogens with two attached hydrogens (primary N) is 1. The van der Waals surface area contributed by atoms with Crippen LogP contribution in [0.15, 0.2) is 0 Å². The van der Waals surface area contributed by atoms with Crippen LogP contribution >= 0.6 is 0 Å². The van der Waals surface area contributed by atoms with Gasteiger partial charge in [-0.2, -0.15) is 0 Å². The third kappa shape index (κ3) is 2.67. The first kappa shape index (κ1) is 9.92. The molecule has 2 heteroatoms. The summed E-state index contributed by atoms with van der Waals surface area (Å²) in [6, 6.07) is 0. The van der Waals surface area contributed by atoms with Gasteiger partial charge >= 0.3 is 0 Å². The van der Waals surface area contributed by atoms with E-state index in [4.69, 9.17) is 10.5 Å². The van der Waals surface area contributed by atoms with Crippen molar-refractivity contribution in [2.45, 2.75) is 32.8 Å². The fourth-order valence-electron chi connectivity index (χ4n) is 1.30. The van der Waals surface area contributed by atoms with Gasteiger partial charge in [0.05, 0.1) is 6.10 Å². The van der Waals surface area contributed by atoms with E-state index < -0.39 is 0 Å². The molecule has 0 spiro atoms. The van der Waals surface area contributed by atoms with Crippen molar-refractivity contribution >= 4 is 0 Å². The summed E-state index contributed by atoms with van der Waals surface area (Å²) in [6.45, 7) is 4.99. The smallest absolute Gasteiger partial charge is 0.0721 e. The van der Waals surface area contributed by atoms with Crippen molar-refractivity contribution in [2.24, 2.45) is 11.7 Å². The molecule has 0 saturated carbocycles. The number of hydrogen-bond donors (Lipinski definition) is 1. The standard InChI is InChI=1S/C8H19NO/c1-4-7(5-2)8(6-9)10-3/h7-8H,4-6,9H2,1-3H3. The van der Waals surface area contributed by atoms with Crippen LogP contribution in [0.4, 0.5) is 0 Å². The summed E-state index contributed by atoms with van der Waals surface area (Å²) in [6.07, 6.45) is 2.58. The predicted molar refractivity (Wildman–Crippen MR) is 43.9 cm³/mol. The SMILES string of the molecule is CCC(CC)C(CN)OC. The molecule has 1 unspecified atom stereocenters. The van der Waals surface area contributed by atoms with Crippen molar-refractivity contribution in [1.82, 2.24) is 0 Å². The Morgan fingerprint density at radius 2 is 1.80 bits per heavy atom. The van der Waals surface area contributed by atoms with E-state index in [0.29, 0.717) is 12.5 Å². The summed E-state index contributed by atoms with van der Waals surface area (Å²) in [4.78, 5) is 0. The van der Waals surface area contributed by atoms with Gasteiger partial charge in [-0.25, -0.2) is 0 Å². The van der Waals surface area contributed by atoms with Gasteiger partial charge in [0.25, 0.3) is 0 Å². The van der Waals surface area contributed by atoms with E-state index in [9.17, 15) is 0 Å². The molecule has 0 aliphatic heterocycles. The molecule has 0 heterocycles. The zero-order valence-electron chi connectivity index (χ0n) is 7.26. The second-order valence-electron chi connectivity index (χ2n) is 2.59. The molecule has 0 aromatic rings. The van der Waals surface area contributed by atoms with Crippen LogP contribution in [0.1, 0.15) is 26.7 Å². The highest BCUT2D eigenvalue weighted by Gasteiger charge is 2.14. The van der Waals surface area contributed by atoms with E-state index in [-0.39, 0.29) is 6.10 Å². The molecule has 0 aromatic carbocycles. The van der Waals surface area contributed by atoms with Crippen LogP contribution in [0.25, 0.3) is 0 Å². The van der Waals surface area contributed by atoms with Gasteiger partial charge in [-0.05, 0) is 5.92 Å². The summed E-state index contributed by atoms with van der Waals surface area (Å²) in [5, 5.41) is 0. The summed E-state index contributed by atoms with van der Waals surface area (Å²) in [5.74, 6) is 0.634. The average molecular weight is 145 g/mol. The van der Waals surface area contributed by atoms with Crippen LogP contribution in [0.2, 0.25) is 0 Å². The molecule has 0 aliphatic rings. The van der Waals surface area contributed by atoms with Crippen LogP contribution in [-0.2, 0) is 4.74 Å². The van der Waals surface area contributed by atoms with Crippen molar-refractivity contribution in [2.75, 3.05) is 13.7 Å². The Balaban J connectivity index is 3.70. The fraction of sp³-hybridized carbons (Fsp3) is 1.00. The van der Waals surface area contributed by atoms with Crippen LogP contribution in [0, 0.1) is 5.92 Å². The molecule has 1 atom stereocenters. The van der Waals surface area contributed by atoms with Crippen LogP contribution < -0.4 is 5.73 Å². The Bertz CT molecular complexity index is 57.7. The molecule has 2 nitrogen and oxygen atoms in total. The third-order valence-electron chi connectivity index (χ3n) is 2.11. The molecule has 10 heavy (non-hydrogen) atoms. The maximum absolute atomic E-state index is 5.51. The van der Waals surface area contributed by atoms with Crippen molar-refractivity contribution < 1.29 is 4.74 Å². The topological polar surface area (TPSA) is 35.2 Å². The normalized spacial score (nSPS) is 14.1. The molecule has 0 radical (unpaired) electrons. The lowest BCUT2D eigenvalue weighted by Gasteiger charge is -2.21. The highest BCUT2D eigenvalue weighted by atomic mass is 16.5. The van der Waals surface area contributed by atoms with E-state index >= 15 is 0 Å². The van der Waals surface area contributed by atoms with Crippen molar-refractivity contribution in [3.63, 3.8) is 0 Å². The minimum atomic E-state index is 0.259. The monoisotopic (exact) mass is 145 g/mol. The Morgan fingerprint density at radius 1 is 1.30 bits per heavy atom. The lowest BCUT2D eigenvalue weighted by atomic mass is 9.97.